The third-order valence-electron chi connectivity index (χ3n) is 1.93. The van der Waals surface area contributed by atoms with E-state index >= 15 is 0 Å². The number of carbonyl (C=O) groups excluding carboxylic acids is 1. The van der Waals surface area contributed by atoms with Crippen LogP contribution in [-0.4, -0.2) is 16.1 Å². The number of furan rings is 1. The van der Waals surface area contributed by atoms with E-state index in [1.807, 2.05) is 0 Å². The molecular formula is C10H10N2O4. The topological polar surface area (TPSA) is 78.4 Å². The number of hydrogen-bond acceptors (Lipinski definition) is 6. The van der Waals surface area contributed by atoms with Crippen molar-refractivity contribution in [1.29, 1.82) is 0 Å². The largest absolute Gasteiger partial charge is 0.472 e. The molecule has 2 heterocycles. The zero-order valence-electron chi connectivity index (χ0n) is 8.84. The van der Waals surface area contributed by atoms with Crippen LogP contribution in [0.3, 0.4) is 0 Å². The van der Waals surface area contributed by atoms with Gasteiger partial charge in [0.05, 0.1) is 11.8 Å². The minimum atomic E-state index is -0.580. The highest BCUT2D eigenvalue weighted by Crippen LogP contribution is 2.16. The monoisotopic (exact) mass is 222 g/mol. The summed E-state index contributed by atoms with van der Waals surface area (Å²) in [5, 5.41) is 3.61. The van der Waals surface area contributed by atoms with E-state index in [4.69, 9.17) is 13.7 Å². The first kappa shape index (κ1) is 10.4. The highest BCUT2D eigenvalue weighted by molar-refractivity contribution is 5.88. The fourth-order valence-electron chi connectivity index (χ4n) is 1.14. The van der Waals surface area contributed by atoms with E-state index in [0.29, 0.717) is 11.4 Å². The molecule has 0 spiro atoms. The van der Waals surface area contributed by atoms with Crippen molar-refractivity contribution in [2.24, 2.45) is 0 Å². The predicted octanol–water partition coefficient (Wildman–Crippen LogP) is 1.89. The average molecular weight is 222 g/mol. The SMILES string of the molecule is Cc1noc(C(C)OC(=O)c2ccoc2)n1. The summed E-state index contributed by atoms with van der Waals surface area (Å²) in [6, 6.07) is 1.52. The Morgan fingerprint density at radius 1 is 1.56 bits per heavy atom. The summed E-state index contributed by atoms with van der Waals surface area (Å²) >= 11 is 0. The van der Waals surface area contributed by atoms with Gasteiger partial charge in [0.25, 0.3) is 5.89 Å². The molecule has 1 atom stereocenters. The second kappa shape index (κ2) is 4.18. The molecule has 0 aliphatic heterocycles. The predicted molar refractivity (Wildman–Crippen MR) is 51.6 cm³/mol. The minimum Gasteiger partial charge on any atom is -0.472 e. The molecule has 1 unspecified atom stereocenters. The van der Waals surface area contributed by atoms with Gasteiger partial charge < -0.3 is 13.7 Å². The lowest BCUT2D eigenvalue weighted by Crippen LogP contribution is -2.08. The Morgan fingerprint density at radius 3 is 2.94 bits per heavy atom. The molecule has 6 nitrogen and oxygen atoms in total. The van der Waals surface area contributed by atoms with E-state index in [2.05, 4.69) is 10.1 Å². The summed E-state index contributed by atoms with van der Waals surface area (Å²) in [7, 11) is 0. The van der Waals surface area contributed by atoms with E-state index in [1.54, 1.807) is 13.8 Å². The van der Waals surface area contributed by atoms with Gasteiger partial charge in [-0.15, -0.1) is 0 Å². The minimum absolute atomic E-state index is 0.273. The van der Waals surface area contributed by atoms with Gasteiger partial charge in [-0.3, -0.25) is 0 Å². The van der Waals surface area contributed by atoms with Crippen molar-refractivity contribution in [1.82, 2.24) is 10.1 Å². The Kier molecular flexibility index (Phi) is 2.72. The van der Waals surface area contributed by atoms with Crippen LogP contribution in [-0.2, 0) is 4.74 Å². The second-order valence-electron chi connectivity index (χ2n) is 3.24. The Labute approximate surface area is 91.2 Å². The van der Waals surface area contributed by atoms with Crippen LogP contribution in [0, 0.1) is 6.92 Å². The molecule has 0 amide bonds. The molecule has 2 rings (SSSR count). The van der Waals surface area contributed by atoms with Gasteiger partial charge in [-0.05, 0) is 19.9 Å². The van der Waals surface area contributed by atoms with Crippen LogP contribution in [0.15, 0.2) is 27.5 Å². The smallest absolute Gasteiger partial charge is 0.342 e. The van der Waals surface area contributed by atoms with Crippen molar-refractivity contribution >= 4 is 5.97 Å². The first-order chi connectivity index (χ1) is 7.66. The van der Waals surface area contributed by atoms with Crippen molar-refractivity contribution in [2.45, 2.75) is 20.0 Å². The van der Waals surface area contributed by atoms with E-state index < -0.39 is 12.1 Å². The number of esters is 1. The van der Waals surface area contributed by atoms with E-state index in [9.17, 15) is 4.79 Å². The highest BCUT2D eigenvalue weighted by atomic mass is 16.6. The molecule has 6 heteroatoms. The van der Waals surface area contributed by atoms with Crippen LogP contribution in [0.1, 0.15) is 35.1 Å². The van der Waals surface area contributed by atoms with Gasteiger partial charge in [-0.1, -0.05) is 5.16 Å². The lowest BCUT2D eigenvalue weighted by atomic mass is 10.3. The number of aromatic nitrogens is 2. The quantitative estimate of drug-likeness (QED) is 0.738. The van der Waals surface area contributed by atoms with Gasteiger partial charge in [0.2, 0.25) is 0 Å². The highest BCUT2D eigenvalue weighted by Gasteiger charge is 2.19. The summed E-state index contributed by atoms with van der Waals surface area (Å²) in [4.78, 5) is 15.5. The lowest BCUT2D eigenvalue weighted by Gasteiger charge is -2.07. The zero-order valence-corrected chi connectivity index (χ0v) is 8.84. The molecule has 0 bridgehead atoms. The second-order valence-corrected chi connectivity index (χ2v) is 3.24. The normalized spacial score (nSPS) is 12.4. The number of aryl methyl sites for hydroxylation is 1. The molecule has 0 saturated heterocycles. The molecule has 2 aromatic rings. The van der Waals surface area contributed by atoms with Crippen molar-refractivity contribution in [3.05, 3.63) is 35.9 Å². The average Bonchev–Trinajstić information content (AvgIpc) is 2.87. The standard InChI is InChI=1S/C10H10N2O4/c1-6(9-11-7(2)12-16-9)15-10(13)8-3-4-14-5-8/h3-6H,1-2H3. The van der Waals surface area contributed by atoms with Crippen molar-refractivity contribution in [2.75, 3.05) is 0 Å². The molecular weight excluding hydrogens is 212 g/mol. The van der Waals surface area contributed by atoms with Crippen LogP contribution in [0.4, 0.5) is 0 Å². The molecule has 0 N–H and O–H groups in total. The first-order valence-electron chi connectivity index (χ1n) is 4.70. The van der Waals surface area contributed by atoms with E-state index in [-0.39, 0.29) is 5.89 Å². The number of carbonyl (C=O) groups is 1. The van der Waals surface area contributed by atoms with Gasteiger partial charge in [-0.2, -0.15) is 4.98 Å². The maximum absolute atomic E-state index is 11.5. The number of rotatable bonds is 3. The summed E-state index contributed by atoms with van der Waals surface area (Å²) in [6.07, 6.45) is 2.13. The van der Waals surface area contributed by atoms with Crippen LogP contribution >= 0.6 is 0 Å². The van der Waals surface area contributed by atoms with Gasteiger partial charge in [0.15, 0.2) is 11.9 Å². The number of nitrogens with zero attached hydrogens (tertiary/aromatic N) is 2. The van der Waals surface area contributed by atoms with E-state index in [0.717, 1.165) is 0 Å². The number of hydrogen-bond donors (Lipinski definition) is 0. The lowest BCUT2D eigenvalue weighted by molar-refractivity contribution is 0.0264. The van der Waals surface area contributed by atoms with E-state index in [1.165, 1.54) is 18.6 Å². The molecule has 0 fully saturated rings. The van der Waals surface area contributed by atoms with Crippen molar-refractivity contribution in [3.63, 3.8) is 0 Å². The summed E-state index contributed by atoms with van der Waals surface area (Å²) in [5.41, 5.74) is 0.350. The van der Waals surface area contributed by atoms with Crippen LogP contribution < -0.4 is 0 Å². The first-order valence-corrected chi connectivity index (χ1v) is 4.70. The van der Waals surface area contributed by atoms with Gasteiger partial charge in [-0.25, -0.2) is 4.79 Å². The Bertz CT molecular complexity index is 475. The van der Waals surface area contributed by atoms with Crippen LogP contribution in [0.2, 0.25) is 0 Å². The Balaban J connectivity index is 2.03. The summed E-state index contributed by atoms with van der Waals surface area (Å²) in [6.45, 7) is 3.35. The van der Waals surface area contributed by atoms with Crippen molar-refractivity contribution < 1.29 is 18.5 Å². The van der Waals surface area contributed by atoms with Crippen LogP contribution in [0.5, 0.6) is 0 Å². The Hall–Kier alpha value is -2.11. The molecule has 84 valence electrons. The molecule has 2 aromatic heterocycles. The molecule has 0 aromatic carbocycles. The summed E-state index contributed by atoms with van der Waals surface area (Å²) in [5.74, 6) is 0.285. The maximum Gasteiger partial charge on any atom is 0.342 e. The summed E-state index contributed by atoms with van der Waals surface area (Å²) < 4.78 is 14.8. The molecule has 0 aliphatic rings. The molecule has 16 heavy (non-hydrogen) atoms. The van der Waals surface area contributed by atoms with Crippen LogP contribution in [0.25, 0.3) is 0 Å². The van der Waals surface area contributed by atoms with Gasteiger partial charge in [0.1, 0.15) is 6.26 Å². The fourth-order valence-corrected chi connectivity index (χ4v) is 1.14. The number of ether oxygens (including phenoxy) is 1. The van der Waals surface area contributed by atoms with Gasteiger partial charge >= 0.3 is 5.97 Å². The third-order valence-corrected chi connectivity index (χ3v) is 1.93. The zero-order chi connectivity index (χ0) is 11.5. The Morgan fingerprint density at radius 2 is 2.38 bits per heavy atom. The third kappa shape index (κ3) is 2.10. The molecule has 0 aliphatic carbocycles. The fraction of sp³-hybridized carbons (Fsp3) is 0.300. The molecule has 0 radical (unpaired) electrons. The molecule has 0 saturated carbocycles. The van der Waals surface area contributed by atoms with Gasteiger partial charge in [0, 0.05) is 0 Å². The van der Waals surface area contributed by atoms with Crippen molar-refractivity contribution in [3.8, 4) is 0 Å². The maximum atomic E-state index is 11.5.